The van der Waals surface area contributed by atoms with Crippen LogP contribution < -0.4 is 35.8 Å². The fourth-order valence-corrected chi connectivity index (χ4v) is 14.5. The Morgan fingerprint density at radius 1 is 0.925 bits per heavy atom. The van der Waals surface area contributed by atoms with E-state index in [2.05, 4.69) is 137 Å². The zero-order chi connectivity index (χ0) is 57.9. The van der Waals surface area contributed by atoms with E-state index in [-0.39, 0.29) is 48.1 Å². The second-order valence-corrected chi connectivity index (χ2v) is 25.6. The van der Waals surface area contributed by atoms with E-state index in [9.17, 15) is 33.1 Å². The number of carbonyl (C=O) groups is 2. The lowest BCUT2D eigenvalue weighted by atomic mass is 9.83. The Hall–Kier alpha value is -6.30. The molecule has 0 saturated carbocycles. The maximum atomic E-state index is 14.7. The number of allylic oxidation sites excluding steroid dienone is 2. The number of nitrogen functional groups attached to an aromatic ring is 1. The Bertz CT molecular complexity index is 3780. The molecule has 5 aromatic rings. The first-order valence-corrected chi connectivity index (χ1v) is 30.6. The minimum absolute atomic E-state index is 0.0192. The number of benzene rings is 3. The first-order chi connectivity index (χ1) is 37.6. The van der Waals surface area contributed by atoms with Gasteiger partial charge in [0.25, 0.3) is 5.91 Å². The molecule has 0 spiro atoms. The second kappa shape index (κ2) is 22.2. The number of carbonyl (C=O) groups excluding carboxylic acids is 2. The number of aromatic nitrogens is 3. The highest BCUT2D eigenvalue weighted by atomic mass is 31.3. The van der Waals surface area contributed by atoms with Gasteiger partial charge in [-0.3, -0.25) is 14.1 Å². The molecule has 25 heteroatoms. The monoisotopic (exact) mass is 1160 g/mol. The Balaban J connectivity index is 0.891. The van der Waals surface area contributed by atoms with Crippen LogP contribution in [0, 0.1) is 11.8 Å². The van der Waals surface area contributed by atoms with Gasteiger partial charge in [0.2, 0.25) is 11.3 Å². The van der Waals surface area contributed by atoms with Crippen LogP contribution in [0.3, 0.4) is 0 Å². The van der Waals surface area contributed by atoms with Crippen LogP contribution in [0.4, 0.5) is 11.5 Å². The van der Waals surface area contributed by atoms with Crippen molar-refractivity contribution in [1.29, 1.82) is 0 Å². The molecule has 2 amide bonds. The number of anilines is 2. The number of hydrogen-bond donors (Lipinski definition) is 6. The van der Waals surface area contributed by atoms with Crippen molar-refractivity contribution >= 4 is 74.5 Å². The van der Waals surface area contributed by atoms with E-state index in [1.807, 2.05) is 24.3 Å². The lowest BCUT2D eigenvalue weighted by Crippen LogP contribution is -2.49. The second-order valence-electron chi connectivity index (χ2n) is 21.2. The van der Waals surface area contributed by atoms with Gasteiger partial charge in [0.1, 0.15) is 42.1 Å². The summed E-state index contributed by atoms with van der Waals surface area (Å²) >= 11 is 0. The van der Waals surface area contributed by atoms with Crippen LogP contribution in [0.2, 0.25) is 0 Å². The summed E-state index contributed by atoms with van der Waals surface area (Å²) in [7, 11) is -14.9. The third-order valence-corrected chi connectivity index (χ3v) is 18.5. The third kappa shape index (κ3) is 12.0. The molecule has 1 saturated heterocycles. The van der Waals surface area contributed by atoms with Crippen LogP contribution in [-0.4, -0.2) is 108 Å². The van der Waals surface area contributed by atoms with Crippen molar-refractivity contribution in [2.75, 3.05) is 50.5 Å². The summed E-state index contributed by atoms with van der Waals surface area (Å²) < 4.78 is 64.3. The Morgan fingerprint density at radius 3 is 2.39 bits per heavy atom. The van der Waals surface area contributed by atoms with Crippen molar-refractivity contribution in [3.05, 3.63) is 117 Å². The molecule has 4 aliphatic heterocycles. The van der Waals surface area contributed by atoms with Crippen molar-refractivity contribution in [3.8, 4) is 23.3 Å². The maximum absolute atomic E-state index is 14.7. The van der Waals surface area contributed by atoms with Crippen molar-refractivity contribution in [1.82, 2.24) is 29.3 Å². The number of nitrogens with zero attached hydrogens (tertiary/aromatic N) is 6. The standard InChI is InChI=1S/C55H65N8O14P3/c1-10-62-43-26-45-41(24-39(43)33(3)28-54(62,5)6)50(42-25-40-34(4)29-55(7,8)63(11-2)44(40)27-46(42)75-45)37-17-12-13-18-38(37)53(65)60(9)23-15-19-47(64)57-22-14-16-35-30-61(52-49(35)51(56)58-32-59-52)48-21-20-36(74-48)31-73-79(69,70)77-80(71,72)76-78(66,67)68/h12-13,17-18,24-30,32,36,48H,10-11,15,19-23,31H2,1-9H3,(H6-,56,57,58,59,64,66,67,68,69,70,71,72)/p+1/t36-,48+/m0/s1. The lowest BCUT2D eigenvalue weighted by Gasteiger charge is -2.43. The molecule has 80 heavy (non-hydrogen) atoms. The van der Waals surface area contributed by atoms with Gasteiger partial charge in [0.15, 0.2) is 5.54 Å². The minimum atomic E-state index is -5.69. The Morgan fingerprint density at radius 2 is 1.66 bits per heavy atom. The number of nitrogens with two attached hydrogens (primary N) is 1. The van der Waals surface area contributed by atoms with Gasteiger partial charge in [-0.1, -0.05) is 36.1 Å². The zero-order valence-corrected chi connectivity index (χ0v) is 48.6. The molecule has 6 heterocycles. The van der Waals surface area contributed by atoms with Gasteiger partial charge in [-0.15, -0.1) is 0 Å². The van der Waals surface area contributed by atoms with E-state index < -0.39 is 42.4 Å². The summed E-state index contributed by atoms with van der Waals surface area (Å²) in [6.45, 7) is 18.8. The van der Waals surface area contributed by atoms with E-state index in [0.717, 1.165) is 68.3 Å². The minimum Gasteiger partial charge on any atom is -0.456 e. The summed E-state index contributed by atoms with van der Waals surface area (Å²) in [6, 6.07) is 16.4. The number of phosphoric acid groups is 3. The molecule has 3 aromatic carbocycles. The SMILES string of the molecule is CCN1c2cc3c(cc2C(C)=CC1(C)C)C(c1ccccc1C(=O)N(C)CCCC(=O)NCC#Cc1cn([C@H]2CC[C@@H](COP(=O)(O)OP(=O)(O)OP(=O)(O)O)O2)c2ncnc(N)c12)=c1cc2c(cc1O3)=[N+](CC)C(C)(C)C=C2C. The molecule has 424 valence electrons. The molecular formula is C55H66N8O14P3+. The quantitative estimate of drug-likeness (QED) is 0.0301. The molecular weight excluding hydrogens is 1090 g/mol. The molecule has 0 aliphatic carbocycles. The molecule has 0 radical (unpaired) electrons. The summed E-state index contributed by atoms with van der Waals surface area (Å²) in [4.78, 5) is 77.4. The highest BCUT2D eigenvalue weighted by Crippen LogP contribution is 2.66. The summed E-state index contributed by atoms with van der Waals surface area (Å²) in [5, 5.41) is 5.23. The highest BCUT2D eigenvalue weighted by Gasteiger charge is 2.42. The van der Waals surface area contributed by atoms with Crippen LogP contribution in [0.25, 0.3) is 27.8 Å². The number of rotatable bonds is 17. The van der Waals surface area contributed by atoms with Crippen LogP contribution in [-0.2, 0) is 36.4 Å². The van der Waals surface area contributed by atoms with E-state index in [4.69, 9.17) is 29.5 Å². The fourth-order valence-electron chi connectivity index (χ4n) is 11.4. The molecule has 9 rings (SSSR count). The van der Waals surface area contributed by atoms with Crippen LogP contribution >= 0.6 is 23.5 Å². The topological polar surface area (TPSA) is 291 Å². The first-order valence-electron chi connectivity index (χ1n) is 26.1. The summed E-state index contributed by atoms with van der Waals surface area (Å²) in [6.07, 6.45) is 7.08. The molecule has 4 aliphatic rings. The molecule has 2 aromatic heterocycles. The van der Waals surface area contributed by atoms with Crippen molar-refractivity contribution in [2.24, 2.45) is 0 Å². The third-order valence-electron chi connectivity index (χ3n) is 14.7. The van der Waals surface area contributed by atoms with E-state index >= 15 is 0 Å². The average molecular weight is 1160 g/mol. The van der Waals surface area contributed by atoms with Crippen LogP contribution in [0.15, 0.2) is 73.2 Å². The summed E-state index contributed by atoms with van der Waals surface area (Å²) in [5.41, 5.74) is 15.3. The van der Waals surface area contributed by atoms with Gasteiger partial charge in [0.05, 0.1) is 41.8 Å². The van der Waals surface area contributed by atoms with E-state index in [1.54, 1.807) is 22.7 Å². The van der Waals surface area contributed by atoms with Crippen LogP contribution in [0.1, 0.15) is 125 Å². The average Bonchev–Trinajstić information content (AvgIpc) is 4.07. The van der Waals surface area contributed by atoms with Gasteiger partial charge >= 0.3 is 23.5 Å². The van der Waals surface area contributed by atoms with Gasteiger partial charge in [0, 0.05) is 91.4 Å². The molecule has 1 fully saturated rings. The fraction of sp³-hybridized carbons (Fsp3) is 0.400. The molecule has 2 unspecified atom stereocenters. The van der Waals surface area contributed by atoms with Crippen molar-refractivity contribution in [2.45, 2.75) is 104 Å². The van der Waals surface area contributed by atoms with E-state index in [1.165, 1.54) is 6.33 Å². The number of ether oxygens (including phenoxy) is 2. The first kappa shape index (κ1) is 58.4. The molecule has 7 N–H and O–H groups in total. The van der Waals surface area contributed by atoms with Gasteiger partial charge in [-0.25, -0.2) is 28.2 Å². The van der Waals surface area contributed by atoms with Crippen molar-refractivity contribution in [3.63, 3.8) is 0 Å². The number of likely N-dealkylation sites (N-methyl/N-ethyl adjacent to an activating group) is 2. The van der Waals surface area contributed by atoms with Crippen molar-refractivity contribution < 1.29 is 65.5 Å². The highest BCUT2D eigenvalue weighted by molar-refractivity contribution is 7.66. The Labute approximate surface area is 463 Å². The number of fused-ring (bicyclic) bond motifs is 5. The molecule has 22 nitrogen and oxygen atoms in total. The number of amides is 2. The Kier molecular flexibility index (Phi) is 16.2. The smallest absolute Gasteiger partial charge is 0.456 e. The van der Waals surface area contributed by atoms with E-state index in [0.29, 0.717) is 53.0 Å². The zero-order valence-electron chi connectivity index (χ0n) is 45.9. The maximum Gasteiger partial charge on any atom is 0.490 e. The number of phosphoric ester groups is 1. The van der Waals surface area contributed by atoms with Gasteiger partial charge < -0.3 is 54.5 Å². The molecule has 0 bridgehead atoms. The van der Waals surface area contributed by atoms with Gasteiger partial charge in [-0.05, 0) is 102 Å². The van der Waals surface area contributed by atoms with Crippen LogP contribution in [0.5, 0.6) is 11.5 Å². The van der Waals surface area contributed by atoms with Gasteiger partial charge in [-0.2, -0.15) is 8.62 Å². The largest absolute Gasteiger partial charge is 0.490 e. The summed E-state index contributed by atoms with van der Waals surface area (Å²) in [5.74, 6) is 7.07. The lowest BCUT2D eigenvalue weighted by molar-refractivity contribution is -0.121. The normalized spacial score (nSPS) is 19.4. The predicted molar refractivity (Wildman–Crippen MR) is 302 cm³/mol. The number of hydrogen-bond acceptors (Lipinski definition) is 14. The predicted octanol–water partition coefficient (Wildman–Crippen LogP) is 7.14. The number of nitrogens with one attached hydrogen (secondary N) is 1. The molecule has 4 atom stereocenters.